The van der Waals surface area contributed by atoms with Crippen LogP contribution in [0, 0.1) is 20.8 Å². The van der Waals surface area contributed by atoms with E-state index >= 15 is 0 Å². The van der Waals surface area contributed by atoms with Gasteiger partial charge in [-0.1, -0.05) is 22.9 Å². The SMILES string of the molecule is COc1cc(-c2nc(COC(=O)c3nnn(-c4ccc(C)cc4)c3C)c(C)o2)cc(OC)c1OC. The highest BCUT2D eigenvalue weighted by atomic mass is 16.5. The van der Waals surface area contributed by atoms with Crippen LogP contribution in [0.15, 0.2) is 40.8 Å². The molecular formula is C25H26N4O6. The van der Waals surface area contributed by atoms with Gasteiger partial charge in [-0.25, -0.2) is 14.5 Å². The van der Waals surface area contributed by atoms with Crippen LogP contribution in [0.2, 0.25) is 0 Å². The van der Waals surface area contributed by atoms with Gasteiger partial charge in [0.25, 0.3) is 0 Å². The quantitative estimate of drug-likeness (QED) is 0.344. The number of carbonyl (C=O) groups is 1. The summed E-state index contributed by atoms with van der Waals surface area (Å²) in [4.78, 5) is 17.2. The molecule has 0 aliphatic heterocycles. The van der Waals surface area contributed by atoms with E-state index in [-0.39, 0.29) is 12.3 Å². The number of oxazole rings is 1. The summed E-state index contributed by atoms with van der Waals surface area (Å²) in [5, 5.41) is 8.11. The van der Waals surface area contributed by atoms with Gasteiger partial charge in [-0.05, 0) is 45.0 Å². The van der Waals surface area contributed by atoms with Crippen molar-refractivity contribution in [1.82, 2.24) is 20.0 Å². The Bertz CT molecular complexity index is 1330. The van der Waals surface area contributed by atoms with Gasteiger partial charge in [-0.3, -0.25) is 0 Å². The fourth-order valence-corrected chi connectivity index (χ4v) is 3.54. The topological polar surface area (TPSA) is 111 Å². The molecule has 10 heteroatoms. The fourth-order valence-electron chi connectivity index (χ4n) is 3.54. The van der Waals surface area contributed by atoms with Gasteiger partial charge < -0.3 is 23.4 Å². The van der Waals surface area contributed by atoms with E-state index in [1.54, 1.807) is 30.7 Å². The van der Waals surface area contributed by atoms with E-state index < -0.39 is 5.97 Å². The summed E-state index contributed by atoms with van der Waals surface area (Å²) in [5.74, 6) is 1.65. The third-order valence-corrected chi connectivity index (χ3v) is 5.51. The molecule has 0 unspecified atom stereocenters. The minimum atomic E-state index is -0.599. The highest BCUT2D eigenvalue weighted by Crippen LogP contribution is 2.41. The van der Waals surface area contributed by atoms with Gasteiger partial charge in [0.05, 0.1) is 32.7 Å². The molecule has 0 spiro atoms. The minimum Gasteiger partial charge on any atom is -0.493 e. The van der Waals surface area contributed by atoms with Crippen molar-refractivity contribution in [1.29, 1.82) is 0 Å². The third-order valence-electron chi connectivity index (χ3n) is 5.51. The fraction of sp³-hybridized carbons (Fsp3) is 0.280. The summed E-state index contributed by atoms with van der Waals surface area (Å²) in [6.45, 7) is 5.42. The molecule has 4 aromatic rings. The first kappa shape index (κ1) is 23.8. The number of hydrogen-bond donors (Lipinski definition) is 0. The molecule has 0 aliphatic rings. The number of aromatic nitrogens is 4. The maximum absolute atomic E-state index is 12.7. The Morgan fingerprint density at radius 2 is 1.63 bits per heavy atom. The Kier molecular flexibility index (Phi) is 6.72. The smallest absolute Gasteiger partial charge is 0.361 e. The normalized spacial score (nSPS) is 10.8. The van der Waals surface area contributed by atoms with Crippen LogP contribution in [0.1, 0.15) is 33.2 Å². The molecule has 0 bridgehead atoms. The molecule has 4 rings (SSSR count). The number of esters is 1. The van der Waals surface area contributed by atoms with Crippen LogP contribution in [0.3, 0.4) is 0 Å². The minimum absolute atomic E-state index is 0.0879. The van der Waals surface area contributed by atoms with Crippen LogP contribution in [0.5, 0.6) is 17.2 Å². The summed E-state index contributed by atoms with van der Waals surface area (Å²) in [6.07, 6.45) is 0. The average Bonchev–Trinajstić information content (AvgIpc) is 3.44. The zero-order valence-corrected chi connectivity index (χ0v) is 20.4. The van der Waals surface area contributed by atoms with Gasteiger partial charge in [0.2, 0.25) is 11.6 Å². The first-order valence-electron chi connectivity index (χ1n) is 10.8. The molecule has 0 saturated carbocycles. The molecule has 2 heterocycles. The van der Waals surface area contributed by atoms with Gasteiger partial charge in [-0.15, -0.1) is 5.10 Å². The Hall–Kier alpha value is -4.34. The molecule has 10 nitrogen and oxygen atoms in total. The van der Waals surface area contributed by atoms with Crippen molar-refractivity contribution in [3.63, 3.8) is 0 Å². The van der Waals surface area contributed by atoms with Crippen LogP contribution < -0.4 is 14.2 Å². The molecule has 0 aliphatic carbocycles. The largest absolute Gasteiger partial charge is 0.493 e. The van der Waals surface area contributed by atoms with Gasteiger partial charge in [0.15, 0.2) is 17.2 Å². The van der Waals surface area contributed by atoms with Crippen LogP contribution in [-0.4, -0.2) is 47.3 Å². The highest BCUT2D eigenvalue weighted by molar-refractivity contribution is 5.88. The van der Waals surface area contributed by atoms with Crippen LogP contribution in [0.25, 0.3) is 17.1 Å². The lowest BCUT2D eigenvalue weighted by molar-refractivity contribution is 0.0459. The van der Waals surface area contributed by atoms with Crippen molar-refractivity contribution in [2.75, 3.05) is 21.3 Å². The zero-order chi connectivity index (χ0) is 25.1. The Balaban J connectivity index is 1.52. The van der Waals surface area contributed by atoms with Crippen molar-refractivity contribution in [2.45, 2.75) is 27.4 Å². The molecule has 0 fully saturated rings. The molecule has 0 atom stereocenters. The number of rotatable bonds is 8. The van der Waals surface area contributed by atoms with Gasteiger partial charge in [-0.2, -0.15) is 0 Å². The molecule has 35 heavy (non-hydrogen) atoms. The van der Waals surface area contributed by atoms with E-state index in [0.717, 1.165) is 11.3 Å². The maximum Gasteiger partial charge on any atom is 0.361 e. The number of carbonyl (C=O) groups excluding carboxylic acids is 1. The van der Waals surface area contributed by atoms with Crippen LogP contribution in [-0.2, 0) is 11.3 Å². The molecule has 0 radical (unpaired) electrons. The Morgan fingerprint density at radius 3 is 2.23 bits per heavy atom. The van der Waals surface area contributed by atoms with E-state index in [1.807, 2.05) is 31.2 Å². The van der Waals surface area contributed by atoms with Crippen LogP contribution in [0.4, 0.5) is 0 Å². The predicted molar refractivity (Wildman–Crippen MR) is 126 cm³/mol. The monoisotopic (exact) mass is 478 g/mol. The Morgan fingerprint density at radius 1 is 0.971 bits per heavy atom. The van der Waals surface area contributed by atoms with E-state index in [0.29, 0.717) is 45.9 Å². The van der Waals surface area contributed by atoms with Gasteiger partial charge in [0, 0.05) is 5.56 Å². The highest BCUT2D eigenvalue weighted by Gasteiger charge is 2.22. The first-order valence-corrected chi connectivity index (χ1v) is 10.8. The lowest BCUT2D eigenvalue weighted by Gasteiger charge is -2.12. The second-order valence-electron chi connectivity index (χ2n) is 7.78. The summed E-state index contributed by atoms with van der Waals surface area (Å²) in [7, 11) is 4.59. The summed E-state index contributed by atoms with van der Waals surface area (Å²) < 4.78 is 29.0. The molecule has 182 valence electrons. The van der Waals surface area contributed by atoms with E-state index in [9.17, 15) is 4.79 Å². The number of ether oxygens (including phenoxy) is 4. The number of benzene rings is 2. The lowest BCUT2D eigenvalue weighted by Crippen LogP contribution is -2.09. The summed E-state index contributed by atoms with van der Waals surface area (Å²) in [5.41, 5.74) is 3.75. The molecule has 2 aromatic carbocycles. The first-order chi connectivity index (χ1) is 16.9. The molecule has 0 amide bonds. The van der Waals surface area contributed by atoms with E-state index in [4.69, 9.17) is 23.4 Å². The summed E-state index contributed by atoms with van der Waals surface area (Å²) >= 11 is 0. The van der Waals surface area contributed by atoms with Crippen molar-refractivity contribution < 1.29 is 28.2 Å². The zero-order valence-electron chi connectivity index (χ0n) is 20.4. The third kappa shape index (κ3) is 4.68. The van der Waals surface area contributed by atoms with Gasteiger partial charge >= 0.3 is 5.97 Å². The lowest BCUT2D eigenvalue weighted by atomic mass is 10.2. The van der Waals surface area contributed by atoms with E-state index in [1.165, 1.54) is 21.3 Å². The molecule has 2 aromatic heterocycles. The van der Waals surface area contributed by atoms with Crippen molar-refractivity contribution in [2.24, 2.45) is 0 Å². The van der Waals surface area contributed by atoms with Crippen molar-refractivity contribution in [3.05, 3.63) is 64.8 Å². The number of nitrogens with zero attached hydrogens (tertiary/aromatic N) is 4. The van der Waals surface area contributed by atoms with Crippen molar-refractivity contribution in [3.8, 4) is 34.4 Å². The standard InChI is InChI=1S/C25H26N4O6/c1-14-7-9-18(10-8-14)29-15(2)22(27-28-29)25(30)34-13-19-16(3)35-24(26-19)17-11-20(31-4)23(33-6)21(12-17)32-5/h7-12H,13H2,1-6H3. The molecular weight excluding hydrogens is 452 g/mol. The number of methoxy groups -OCH3 is 3. The second kappa shape index (κ2) is 9.88. The van der Waals surface area contributed by atoms with Crippen LogP contribution >= 0.6 is 0 Å². The Labute approximate surface area is 202 Å². The molecule has 0 saturated heterocycles. The average molecular weight is 479 g/mol. The second-order valence-corrected chi connectivity index (χ2v) is 7.78. The predicted octanol–water partition coefficient (Wildman–Crippen LogP) is 4.23. The summed E-state index contributed by atoms with van der Waals surface area (Å²) in [6, 6.07) is 11.2. The maximum atomic E-state index is 12.7. The molecule has 0 N–H and O–H groups in total. The van der Waals surface area contributed by atoms with E-state index in [2.05, 4.69) is 15.3 Å². The number of aryl methyl sites for hydroxylation is 2. The van der Waals surface area contributed by atoms with Gasteiger partial charge in [0.1, 0.15) is 18.1 Å². The number of hydrogen-bond acceptors (Lipinski definition) is 9. The van der Waals surface area contributed by atoms with Crippen molar-refractivity contribution >= 4 is 5.97 Å².